The molecule has 0 rings (SSSR count). The smallest absolute Gasteiger partial charge is 0.320 e. The van der Waals surface area contributed by atoms with Crippen LogP contribution in [-0.4, -0.2) is 40.9 Å². The SMILES string of the molecule is CC(=O)O[C@@H](CO)[C@H](C)[C@H](N)C(=O)O. The van der Waals surface area contributed by atoms with Crippen molar-refractivity contribution in [3.63, 3.8) is 0 Å². The number of aliphatic hydroxyl groups is 1. The van der Waals surface area contributed by atoms with Crippen molar-refractivity contribution in [2.75, 3.05) is 6.61 Å². The standard InChI is InChI=1S/C8H15NO5/c1-4(7(9)8(12)13)6(3-10)14-5(2)11/h4,6-7,10H,3,9H2,1-2H3,(H,12,13)/t4-,6-,7-/m0/s1. The van der Waals surface area contributed by atoms with Crippen molar-refractivity contribution >= 4 is 11.9 Å². The number of esters is 1. The largest absolute Gasteiger partial charge is 0.480 e. The van der Waals surface area contributed by atoms with Gasteiger partial charge in [-0.05, 0) is 0 Å². The first-order valence-electron chi connectivity index (χ1n) is 4.16. The highest BCUT2D eigenvalue weighted by Gasteiger charge is 2.29. The Kier molecular flexibility index (Phi) is 5.11. The topological polar surface area (TPSA) is 110 Å². The molecule has 0 unspecified atom stereocenters. The van der Waals surface area contributed by atoms with Crippen LogP contribution in [0.4, 0.5) is 0 Å². The van der Waals surface area contributed by atoms with Crippen LogP contribution in [-0.2, 0) is 14.3 Å². The summed E-state index contributed by atoms with van der Waals surface area (Å²) in [6.07, 6.45) is -0.876. The van der Waals surface area contributed by atoms with E-state index >= 15 is 0 Å². The zero-order valence-corrected chi connectivity index (χ0v) is 8.14. The van der Waals surface area contributed by atoms with Gasteiger partial charge in [0, 0.05) is 12.8 Å². The van der Waals surface area contributed by atoms with Gasteiger partial charge in [-0.15, -0.1) is 0 Å². The van der Waals surface area contributed by atoms with Gasteiger partial charge in [0.2, 0.25) is 0 Å². The number of nitrogens with two attached hydrogens (primary N) is 1. The molecule has 4 N–H and O–H groups in total. The Morgan fingerprint density at radius 2 is 2.00 bits per heavy atom. The lowest BCUT2D eigenvalue weighted by atomic mass is 9.97. The fourth-order valence-corrected chi connectivity index (χ4v) is 0.980. The number of carboxylic acid groups (broad SMARTS) is 1. The zero-order chi connectivity index (χ0) is 11.3. The van der Waals surface area contributed by atoms with E-state index in [2.05, 4.69) is 0 Å². The van der Waals surface area contributed by atoms with E-state index in [0.717, 1.165) is 0 Å². The summed E-state index contributed by atoms with van der Waals surface area (Å²) in [4.78, 5) is 21.1. The third-order valence-electron chi connectivity index (χ3n) is 1.94. The van der Waals surface area contributed by atoms with Crippen molar-refractivity contribution in [2.24, 2.45) is 11.7 Å². The van der Waals surface area contributed by atoms with Gasteiger partial charge in [-0.25, -0.2) is 0 Å². The molecule has 0 heterocycles. The molecule has 82 valence electrons. The van der Waals surface area contributed by atoms with Crippen LogP contribution in [0.3, 0.4) is 0 Å². The Hall–Kier alpha value is -1.14. The van der Waals surface area contributed by atoms with Crippen LogP contribution >= 0.6 is 0 Å². The number of carbonyl (C=O) groups excluding carboxylic acids is 1. The van der Waals surface area contributed by atoms with Gasteiger partial charge in [-0.2, -0.15) is 0 Å². The second kappa shape index (κ2) is 5.56. The summed E-state index contributed by atoms with van der Waals surface area (Å²) < 4.78 is 4.70. The average Bonchev–Trinajstić information content (AvgIpc) is 2.11. The van der Waals surface area contributed by atoms with Crippen molar-refractivity contribution in [3.8, 4) is 0 Å². The summed E-state index contributed by atoms with van der Waals surface area (Å²) in [5.41, 5.74) is 5.31. The highest BCUT2D eigenvalue weighted by molar-refractivity contribution is 5.73. The van der Waals surface area contributed by atoms with E-state index < -0.39 is 36.6 Å². The minimum absolute atomic E-state index is 0.443. The predicted molar refractivity (Wildman–Crippen MR) is 47.4 cm³/mol. The molecule has 0 spiro atoms. The Bertz CT molecular complexity index is 218. The molecule has 0 amide bonds. The van der Waals surface area contributed by atoms with Crippen LogP contribution < -0.4 is 5.73 Å². The van der Waals surface area contributed by atoms with Crippen LogP contribution in [0.2, 0.25) is 0 Å². The predicted octanol–water partition coefficient (Wildman–Crippen LogP) is -1.04. The number of aliphatic carboxylic acids is 1. The van der Waals surface area contributed by atoms with Crippen molar-refractivity contribution in [2.45, 2.75) is 26.0 Å². The van der Waals surface area contributed by atoms with E-state index in [-0.39, 0.29) is 0 Å². The Balaban J connectivity index is 4.36. The van der Waals surface area contributed by atoms with E-state index in [9.17, 15) is 9.59 Å². The minimum Gasteiger partial charge on any atom is -0.480 e. The molecule has 0 aromatic heterocycles. The molecule has 0 aliphatic carbocycles. The van der Waals surface area contributed by atoms with Gasteiger partial charge in [0.15, 0.2) is 0 Å². The number of hydrogen-bond donors (Lipinski definition) is 3. The highest BCUT2D eigenvalue weighted by Crippen LogP contribution is 2.11. The van der Waals surface area contributed by atoms with Crippen LogP contribution in [0, 0.1) is 5.92 Å². The second-order valence-corrected chi connectivity index (χ2v) is 3.05. The molecule has 0 aliphatic heterocycles. The molecule has 6 nitrogen and oxygen atoms in total. The van der Waals surface area contributed by atoms with E-state index in [1.54, 1.807) is 0 Å². The Morgan fingerprint density at radius 1 is 1.50 bits per heavy atom. The summed E-state index contributed by atoms with van der Waals surface area (Å²) >= 11 is 0. The molecule has 0 radical (unpaired) electrons. The van der Waals surface area contributed by atoms with Gasteiger partial charge < -0.3 is 20.7 Å². The quantitative estimate of drug-likeness (QED) is 0.494. The normalized spacial score (nSPS) is 16.9. The molecule has 0 bridgehead atoms. The number of ether oxygens (including phenoxy) is 1. The maximum atomic E-state index is 10.6. The zero-order valence-electron chi connectivity index (χ0n) is 8.14. The second-order valence-electron chi connectivity index (χ2n) is 3.05. The first kappa shape index (κ1) is 12.9. The van der Waals surface area contributed by atoms with Crippen LogP contribution in [0.5, 0.6) is 0 Å². The first-order chi connectivity index (χ1) is 6.40. The molecule has 0 fully saturated rings. The number of carbonyl (C=O) groups is 2. The fraction of sp³-hybridized carbons (Fsp3) is 0.750. The van der Waals surface area contributed by atoms with Crippen LogP contribution in [0.1, 0.15) is 13.8 Å². The van der Waals surface area contributed by atoms with Crippen molar-refractivity contribution in [1.82, 2.24) is 0 Å². The van der Waals surface area contributed by atoms with E-state index in [4.69, 9.17) is 20.7 Å². The number of rotatable bonds is 5. The molecule has 0 aliphatic rings. The summed E-state index contributed by atoms with van der Waals surface area (Å²) in [6.45, 7) is 2.24. The van der Waals surface area contributed by atoms with Crippen LogP contribution in [0.15, 0.2) is 0 Å². The molecule has 0 saturated carbocycles. The molecule has 14 heavy (non-hydrogen) atoms. The van der Waals surface area contributed by atoms with Crippen LogP contribution in [0.25, 0.3) is 0 Å². The van der Waals surface area contributed by atoms with Gasteiger partial charge in [0.05, 0.1) is 6.61 Å². The van der Waals surface area contributed by atoms with Gasteiger partial charge >= 0.3 is 11.9 Å². The minimum atomic E-state index is -1.19. The van der Waals surface area contributed by atoms with Gasteiger partial charge in [0.25, 0.3) is 0 Å². The monoisotopic (exact) mass is 205 g/mol. The van der Waals surface area contributed by atoms with E-state index in [0.29, 0.717) is 0 Å². The average molecular weight is 205 g/mol. The Labute approximate surface area is 81.7 Å². The molecular weight excluding hydrogens is 190 g/mol. The number of aliphatic hydroxyl groups excluding tert-OH is 1. The number of carboxylic acids is 1. The van der Waals surface area contributed by atoms with E-state index in [1.807, 2.05) is 0 Å². The summed E-state index contributed by atoms with van der Waals surface area (Å²) in [6, 6.07) is -1.16. The summed E-state index contributed by atoms with van der Waals surface area (Å²) in [5.74, 6) is -2.40. The molecular formula is C8H15NO5. The maximum absolute atomic E-state index is 10.6. The van der Waals surface area contributed by atoms with Crippen molar-refractivity contribution < 1.29 is 24.5 Å². The Morgan fingerprint density at radius 3 is 2.29 bits per heavy atom. The van der Waals surface area contributed by atoms with Gasteiger partial charge in [0.1, 0.15) is 12.1 Å². The molecule has 0 aromatic rings. The van der Waals surface area contributed by atoms with E-state index in [1.165, 1.54) is 13.8 Å². The molecule has 6 heteroatoms. The first-order valence-corrected chi connectivity index (χ1v) is 4.16. The molecule has 0 aromatic carbocycles. The van der Waals surface area contributed by atoms with Crippen molar-refractivity contribution in [1.29, 1.82) is 0 Å². The number of hydrogen-bond acceptors (Lipinski definition) is 5. The summed E-state index contributed by atoms with van der Waals surface area (Å²) in [7, 11) is 0. The lowest BCUT2D eigenvalue weighted by Gasteiger charge is -2.24. The van der Waals surface area contributed by atoms with Gasteiger partial charge in [-0.1, -0.05) is 6.92 Å². The fourth-order valence-electron chi connectivity index (χ4n) is 0.980. The van der Waals surface area contributed by atoms with Crippen molar-refractivity contribution in [3.05, 3.63) is 0 Å². The summed E-state index contributed by atoms with van der Waals surface area (Å²) in [5, 5.41) is 17.4. The lowest BCUT2D eigenvalue weighted by Crippen LogP contribution is -2.44. The molecule has 0 saturated heterocycles. The third-order valence-corrected chi connectivity index (χ3v) is 1.94. The maximum Gasteiger partial charge on any atom is 0.320 e. The highest BCUT2D eigenvalue weighted by atomic mass is 16.6. The lowest BCUT2D eigenvalue weighted by molar-refractivity contribution is -0.155. The molecule has 3 atom stereocenters. The third kappa shape index (κ3) is 3.71. The van der Waals surface area contributed by atoms with Gasteiger partial charge in [-0.3, -0.25) is 9.59 Å².